The van der Waals surface area contributed by atoms with Crippen molar-refractivity contribution in [2.45, 2.75) is 37.8 Å². The maximum Gasteiger partial charge on any atom is 0.226 e. The van der Waals surface area contributed by atoms with E-state index < -0.39 is 0 Å². The molecule has 2 aliphatic rings. The van der Waals surface area contributed by atoms with E-state index >= 15 is 0 Å². The minimum Gasteiger partial charge on any atom is -0.353 e. The van der Waals surface area contributed by atoms with Gasteiger partial charge in [-0.2, -0.15) is 0 Å². The van der Waals surface area contributed by atoms with Crippen LogP contribution < -0.4 is 11.1 Å². The van der Waals surface area contributed by atoms with Crippen LogP contribution in [0.3, 0.4) is 0 Å². The van der Waals surface area contributed by atoms with E-state index in [0.29, 0.717) is 17.5 Å². The number of hydrogen-bond acceptors (Lipinski definition) is 3. The Morgan fingerprint density at radius 3 is 2.92 bits per heavy atom. The van der Waals surface area contributed by atoms with Gasteiger partial charge in [-0.1, -0.05) is 30.2 Å². The fraction of sp³-hybridized carbons (Fsp3) is 0.556. The van der Waals surface area contributed by atoms with E-state index in [2.05, 4.69) is 5.32 Å². The topological polar surface area (TPSA) is 75.4 Å². The lowest BCUT2D eigenvalue weighted by Gasteiger charge is -2.27. The van der Waals surface area contributed by atoms with E-state index in [1.807, 2.05) is 18.2 Å². The molecule has 1 saturated heterocycles. The molecule has 1 saturated carbocycles. The first-order valence-corrected chi connectivity index (χ1v) is 8.90. The smallest absolute Gasteiger partial charge is 0.226 e. The van der Waals surface area contributed by atoms with Crippen LogP contribution in [0, 0.1) is 11.8 Å². The predicted octanol–water partition coefficient (Wildman–Crippen LogP) is 2.10. The minimum absolute atomic E-state index is 0.0121. The molecule has 4 unspecified atom stereocenters. The summed E-state index contributed by atoms with van der Waals surface area (Å²) < 4.78 is 0. The second-order valence-corrected chi connectivity index (χ2v) is 7.29. The van der Waals surface area contributed by atoms with Gasteiger partial charge in [0, 0.05) is 24.5 Å². The molecule has 2 fully saturated rings. The third kappa shape index (κ3) is 3.28. The number of carbonyl (C=O) groups is 2. The summed E-state index contributed by atoms with van der Waals surface area (Å²) in [5.41, 5.74) is 6.70. The van der Waals surface area contributed by atoms with Crippen molar-refractivity contribution in [1.29, 1.82) is 0 Å². The highest BCUT2D eigenvalue weighted by molar-refractivity contribution is 6.30. The van der Waals surface area contributed by atoms with Crippen molar-refractivity contribution in [1.82, 2.24) is 10.2 Å². The highest BCUT2D eigenvalue weighted by Gasteiger charge is 2.43. The molecule has 0 aromatic heterocycles. The van der Waals surface area contributed by atoms with E-state index in [9.17, 15) is 9.59 Å². The molecule has 3 N–H and O–H groups in total. The number of nitrogens with one attached hydrogen (secondary N) is 1. The van der Waals surface area contributed by atoms with Gasteiger partial charge in [0.15, 0.2) is 0 Å². The molecule has 1 aromatic carbocycles. The summed E-state index contributed by atoms with van der Waals surface area (Å²) in [7, 11) is 1.75. The van der Waals surface area contributed by atoms with E-state index in [1.54, 1.807) is 18.0 Å². The number of rotatable bonds is 4. The van der Waals surface area contributed by atoms with Crippen molar-refractivity contribution < 1.29 is 9.59 Å². The summed E-state index contributed by atoms with van der Waals surface area (Å²) in [4.78, 5) is 26.7. The molecule has 3 rings (SSSR count). The number of likely N-dealkylation sites (tertiary alicyclic amines) is 1. The molecule has 24 heavy (non-hydrogen) atoms. The summed E-state index contributed by atoms with van der Waals surface area (Å²) in [5, 5.41) is 3.76. The second-order valence-electron chi connectivity index (χ2n) is 6.86. The van der Waals surface area contributed by atoms with Gasteiger partial charge in [0.2, 0.25) is 11.8 Å². The van der Waals surface area contributed by atoms with Crippen LogP contribution in [0.25, 0.3) is 0 Å². The average Bonchev–Trinajstić information content (AvgIpc) is 3.12. The summed E-state index contributed by atoms with van der Waals surface area (Å²) in [6.45, 7) is 0.589. The Hall–Kier alpha value is -1.59. The number of carbonyl (C=O) groups excluding carboxylic acids is 2. The Kier molecular flexibility index (Phi) is 5.11. The van der Waals surface area contributed by atoms with E-state index in [0.717, 1.165) is 24.8 Å². The maximum absolute atomic E-state index is 12.9. The number of nitrogens with two attached hydrogens (primary N) is 1. The number of benzene rings is 1. The Morgan fingerprint density at radius 2 is 2.21 bits per heavy atom. The number of nitrogens with zero attached hydrogens (tertiary/aromatic N) is 1. The largest absolute Gasteiger partial charge is 0.353 e. The lowest BCUT2D eigenvalue weighted by atomic mass is 9.92. The van der Waals surface area contributed by atoms with Gasteiger partial charge in [0.1, 0.15) is 0 Å². The summed E-state index contributed by atoms with van der Waals surface area (Å²) in [5.74, 6) is -0.113. The van der Waals surface area contributed by atoms with Crippen LogP contribution in [0.15, 0.2) is 24.3 Å². The fourth-order valence-corrected chi connectivity index (χ4v) is 4.25. The van der Waals surface area contributed by atoms with Crippen molar-refractivity contribution >= 4 is 23.4 Å². The first kappa shape index (κ1) is 17.2. The van der Waals surface area contributed by atoms with Crippen LogP contribution in [0.4, 0.5) is 0 Å². The van der Waals surface area contributed by atoms with Crippen molar-refractivity contribution in [2.24, 2.45) is 17.6 Å². The van der Waals surface area contributed by atoms with E-state index in [1.165, 1.54) is 0 Å². The average molecular weight is 350 g/mol. The van der Waals surface area contributed by atoms with Crippen molar-refractivity contribution in [3.05, 3.63) is 34.9 Å². The second kappa shape index (κ2) is 7.11. The first-order valence-electron chi connectivity index (χ1n) is 8.53. The molecule has 130 valence electrons. The van der Waals surface area contributed by atoms with Crippen LogP contribution >= 0.6 is 11.6 Å². The zero-order valence-corrected chi connectivity index (χ0v) is 14.6. The molecule has 1 aromatic rings. The van der Waals surface area contributed by atoms with Gasteiger partial charge in [-0.15, -0.1) is 0 Å². The third-order valence-corrected chi connectivity index (χ3v) is 5.64. The quantitative estimate of drug-likeness (QED) is 0.874. The van der Waals surface area contributed by atoms with E-state index in [4.69, 9.17) is 17.3 Å². The van der Waals surface area contributed by atoms with Crippen LogP contribution in [-0.4, -0.2) is 36.3 Å². The minimum atomic E-state index is -0.389. The molecule has 1 aliphatic carbocycles. The third-order valence-electron chi connectivity index (χ3n) is 5.40. The lowest BCUT2D eigenvalue weighted by Crippen LogP contribution is -2.43. The molecule has 1 heterocycles. The first-order chi connectivity index (χ1) is 11.5. The van der Waals surface area contributed by atoms with Gasteiger partial charge in [-0.3, -0.25) is 9.59 Å². The Labute approximate surface area is 147 Å². The molecule has 0 bridgehead atoms. The molecule has 0 spiro atoms. The van der Waals surface area contributed by atoms with E-state index in [-0.39, 0.29) is 36.2 Å². The standard InChI is InChI=1S/C18H24ClN3O2/c1-22-16(23)9-14(17(22)11-4-2-6-13(19)8-11)18(24)21-15-7-3-5-12(15)10-20/h2,4,6,8,12,14-15,17H,3,5,7,9-10,20H2,1H3,(H,21,24). The van der Waals surface area contributed by atoms with Gasteiger partial charge < -0.3 is 16.0 Å². The Bertz CT molecular complexity index is 636. The summed E-state index contributed by atoms with van der Waals surface area (Å²) in [6, 6.07) is 7.26. The molecule has 0 radical (unpaired) electrons. The van der Waals surface area contributed by atoms with Crippen LogP contribution in [-0.2, 0) is 9.59 Å². The zero-order valence-electron chi connectivity index (χ0n) is 13.9. The maximum atomic E-state index is 12.9. The fourth-order valence-electron chi connectivity index (χ4n) is 4.05. The number of hydrogen-bond donors (Lipinski definition) is 2. The lowest BCUT2D eigenvalue weighted by molar-refractivity contribution is -0.128. The van der Waals surface area contributed by atoms with Gasteiger partial charge in [-0.05, 0) is 43.0 Å². The highest BCUT2D eigenvalue weighted by atomic mass is 35.5. The van der Waals surface area contributed by atoms with Crippen LogP contribution in [0.5, 0.6) is 0 Å². The van der Waals surface area contributed by atoms with Gasteiger partial charge in [-0.25, -0.2) is 0 Å². The molecule has 6 heteroatoms. The summed E-state index contributed by atoms with van der Waals surface area (Å²) in [6.07, 6.45) is 3.35. The molecule has 4 atom stereocenters. The van der Waals surface area contributed by atoms with Crippen molar-refractivity contribution in [3.63, 3.8) is 0 Å². The van der Waals surface area contributed by atoms with Crippen LogP contribution in [0.1, 0.15) is 37.3 Å². The Morgan fingerprint density at radius 1 is 1.42 bits per heavy atom. The highest BCUT2D eigenvalue weighted by Crippen LogP contribution is 2.38. The molecule has 5 nitrogen and oxygen atoms in total. The molecule has 2 amide bonds. The van der Waals surface area contributed by atoms with Crippen LogP contribution in [0.2, 0.25) is 5.02 Å². The molecular weight excluding hydrogens is 326 g/mol. The Balaban J connectivity index is 1.79. The zero-order chi connectivity index (χ0) is 17.3. The monoisotopic (exact) mass is 349 g/mol. The number of amides is 2. The predicted molar refractivity (Wildman–Crippen MR) is 93.4 cm³/mol. The normalized spacial score (nSPS) is 30.0. The van der Waals surface area contributed by atoms with Gasteiger partial charge in [0.05, 0.1) is 12.0 Å². The summed E-state index contributed by atoms with van der Waals surface area (Å²) >= 11 is 6.09. The van der Waals surface area contributed by atoms with Crippen molar-refractivity contribution in [3.8, 4) is 0 Å². The van der Waals surface area contributed by atoms with Gasteiger partial charge in [0.25, 0.3) is 0 Å². The molecular formula is C18H24ClN3O2. The van der Waals surface area contributed by atoms with Gasteiger partial charge >= 0.3 is 0 Å². The van der Waals surface area contributed by atoms with Crippen molar-refractivity contribution in [2.75, 3.05) is 13.6 Å². The SMILES string of the molecule is CN1C(=O)CC(C(=O)NC2CCCC2CN)C1c1cccc(Cl)c1. The number of halogens is 1. The molecule has 1 aliphatic heterocycles.